The van der Waals surface area contributed by atoms with Crippen molar-refractivity contribution < 1.29 is 9.59 Å². The molecule has 2 amide bonds. The Morgan fingerprint density at radius 1 is 0.792 bits per heavy atom. The van der Waals surface area contributed by atoms with E-state index in [0.717, 1.165) is 37.1 Å². The fraction of sp³-hybridized carbons (Fsp3) is 0.444. The second-order valence-electron chi connectivity index (χ2n) is 6.51. The van der Waals surface area contributed by atoms with E-state index in [9.17, 15) is 9.59 Å². The Morgan fingerprint density at radius 3 is 1.42 bits per heavy atom. The number of carbonyl (C=O) groups is 2. The Hall–Kier alpha value is -2.50. The van der Waals surface area contributed by atoms with Crippen LogP contribution >= 0.6 is 0 Å². The zero-order chi connectivity index (χ0) is 17.1. The highest BCUT2D eigenvalue weighted by Crippen LogP contribution is 2.30. The van der Waals surface area contributed by atoms with Gasteiger partial charge in [0.2, 0.25) is 0 Å². The van der Waals surface area contributed by atoms with Crippen molar-refractivity contribution in [3.05, 3.63) is 35.4 Å². The number of hydrogen-bond acceptors (Lipinski definition) is 4. The Bertz CT molecular complexity index is 637. The van der Waals surface area contributed by atoms with Gasteiger partial charge in [0.15, 0.2) is 0 Å². The van der Waals surface area contributed by atoms with Crippen molar-refractivity contribution in [2.45, 2.75) is 39.5 Å². The number of nitrogens with one attached hydrogen (secondary N) is 2. The minimum absolute atomic E-state index is 0.274. The molecule has 0 atom stereocenters. The van der Waals surface area contributed by atoms with Gasteiger partial charge in [-0.05, 0) is 75.6 Å². The molecule has 1 aromatic rings. The van der Waals surface area contributed by atoms with Crippen molar-refractivity contribution in [2.75, 3.05) is 0 Å². The minimum Gasteiger partial charge on any atom is -0.267 e. The molecular formula is C18H22N4O2. The lowest BCUT2D eigenvalue weighted by Gasteiger charge is -2.04. The molecule has 6 heteroatoms. The molecule has 0 spiro atoms. The van der Waals surface area contributed by atoms with E-state index >= 15 is 0 Å². The van der Waals surface area contributed by atoms with Crippen LogP contribution in [0.2, 0.25) is 0 Å². The SMILES string of the molecule is CC(=NNC(=O)c1ccc(C(=O)NN=C(C)C2CC2)cc1)C1CC1. The molecule has 2 saturated carbocycles. The number of hydrazone groups is 2. The summed E-state index contributed by atoms with van der Waals surface area (Å²) in [7, 11) is 0. The maximum absolute atomic E-state index is 12.0. The highest BCUT2D eigenvalue weighted by atomic mass is 16.2. The van der Waals surface area contributed by atoms with E-state index in [1.807, 2.05) is 13.8 Å². The summed E-state index contributed by atoms with van der Waals surface area (Å²) in [6, 6.07) is 6.46. The second-order valence-corrected chi connectivity index (χ2v) is 6.51. The van der Waals surface area contributed by atoms with Gasteiger partial charge in [0.1, 0.15) is 0 Å². The van der Waals surface area contributed by atoms with Gasteiger partial charge in [-0.2, -0.15) is 10.2 Å². The van der Waals surface area contributed by atoms with Gasteiger partial charge in [0, 0.05) is 22.6 Å². The van der Waals surface area contributed by atoms with Crippen molar-refractivity contribution in [3.8, 4) is 0 Å². The third-order valence-corrected chi connectivity index (χ3v) is 4.41. The minimum atomic E-state index is -0.274. The molecule has 0 unspecified atom stereocenters. The topological polar surface area (TPSA) is 82.9 Å². The third kappa shape index (κ3) is 4.28. The van der Waals surface area contributed by atoms with E-state index in [0.29, 0.717) is 23.0 Å². The summed E-state index contributed by atoms with van der Waals surface area (Å²) in [6.07, 6.45) is 4.60. The number of rotatable bonds is 6. The first-order valence-electron chi connectivity index (χ1n) is 8.33. The first kappa shape index (κ1) is 16.4. The fourth-order valence-corrected chi connectivity index (χ4v) is 2.36. The van der Waals surface area contributed by atoms with Crippen LogP contribution in [0.4, 0.5) is 0 Å². The lowest BCUT2D eigenvalue weighted by molar-refractivity contribution is 0.0943. The van der Waals surface area contributed by atoms with Gasteiger partial charge >= 0.3 is 0 Å². The van der Waals surface area contributed by atoms with Gasteiger partial charge in [-0.15, -0.1) is 0 Å². The summed E-state index contributed by atoms with van der Waals surface area (Å²) in [5, 5.41) is 8.22. The van der Waals surface area contributed by atoms with Gasteiger partial charge in [0.25, 0.3) is 11.8 Å². The molecule has 1 aromatic carbocycles. The van der Waals surface area contributed by atoms with Crippen molar-refractivity contribution >= 4 is 23.2 Å². The highest BCUT2D eigenvalue weighted by Gasteiger charge is 2.25. The summed E-state index contributed by atoms with van der Waals surface area (Å²) in [5.41, 5.74) is 7.97. The molecular weight excluding hydrogens is 304 g/mol. The lowest BCUT2D eigenvalue weighted by atomic mass is 10.1. The normalized spacial score (nSPS) is 18.2. The van der Waals surface area contributed by atoms with Crippen molar-refractivity contribution in [2.24, 2.45) is 22.0 Å². The molecule has 0 bridgehead atoms. The first-order valence-corrected chi connectivity index (χ1v) is 8.33. The van der Waals surface area contributed by atoms with Crippen LogP contribution in [-0.2, 0) is 0 Å². The molecule has 0 saturated heterocycles. The Labute approximate surface area is 141 Å². The van der Waals surface area contributed by atoms with E-state index in [1.54, 1.807) is 24.3 Å². The molecule has 24 heavy (non-hydrogen) atoms. The lowest BCUT2D eigenvalue weighted by Crippen LogP contribution is -2.21. The van der Waals surface area contributed by atoms with Gasteiger partial charge in [-0.3, -0.25) is 9.59 Å². The van der Waals surface area contributed by atoms with Crippen molar-refractivity contribution in [1.29, 1.82) is 0 Å². The van der Waals surface area contributed by atoms with Crippen LogP contribution in [0, 0.1) is 11.8 Å². The molecule has 2 N–H and O–H groups in total. The zero-order valence-corrected chi connectivity index (χ0v) is 14.0. The summed E-state index contributed by atoms with van der Waals surface area (Å²) < 4.78 is 0. The number of benzene rings is 1. The predicted octanol–water partition coefficient (Wildman–Crippen LogP) is 2.72. The Kier molecular flexibility index (Phi) is 4.74. The van der Waals surface area contributed by atoms with E-state index < -0.39 is 0 Å². The van der Waals surface area contributed by atoms with Crippen molar-refractivity contribution in [3.63, 3.8) is 0 Å². The molecule has 2 fully saturated rings. The summed E-state index contributed by atoms with van der Waals surface area (Å²) in [5.74, 6) is 0.501. The van der Waals surface area contributed by atoms with Crippen LogP contribution in [0.3, 0.4) is 0 Å². The smallest absolute Gasteiger partial charge is 0.267 e. The molecule has 126 valence electrons. The monoisotopic (exact) mass is 326 g/mol. The Balaban J connectivity index is 1.55. The number of carbonyl (C=O) groups excluding carboxylic acids is 2. The van der Waals surface area contributed by atoms with Crippen LogP contribution in [0.5, 0.6) is 0 Å². The molecule has 0 radical (unpaired) electrons. The molecule has 0 aromatic heterocycles. The first-order chi connectivity index (χ1) is 11.5. The molecule has 2 aliphatic carbocycles. The molecule has 3 rings (SSSR count). The number of amides is 2. The summed E-state index contributed by atoms with van der Waals surface area (Å²) >= 11 is 0. The van der Waals surface area contributed by atoms with Gasteiger partial charge < -0.3 is 0 Å². The molecule has 0 aliphatic heterocycles. The highest BCUT2D eigenvalue weighted by molar-refractivity contribution is 5.99. The van der Waals surface area contributed by atoms with Crippen LogP contribution in [-0.4, -0.2) is 23.2 Å². The van der Waals surface area contributed by atoms with E-state index in [1.165, 1.54) is 0 Å². The van der Waals surface area contributed by atoms with Crippen LogP contribution < -0.4 is 10.9 Å². The van der Waals surface area contributed by atoms with Crippen LogP contribution in [0.15, 0.2) is 34.5 Å². The fourth-order valence-electron chi connectivity index (χ4n) is 2.36. The largest absolute Gasteiger partial charge is 0.271 e. The average Bonchev–Trinajstić information content (AvgIpc) is 3.48. The second kappa shape index (κ2) is 6.95. The maximum atomic E-state index is 12.0. The zero-order valence-electron chi connectivity index (χ0n) is 14.0. The van der Waals surface area contributed by atoms with Crippen molar-refractivity contribution in [1.82, 2.24) is 10.9 Å². The molecule has 0 heterocycles. The van der Waals surface area contributed by atoms with Crippen LogP contribution in [0.25, 0.3) is 0 Å². The van der Waals surface area contributed by atoms with Gasteiger partial charge in [-0.25, -0.2) is 10.9 Å². The standard InChI is InChI=1S/C18H22N4O2/c1-11(13-3-4-13)19-21-17(23)15-7-9-16(10-8-15)18(24)22-20-12(2)14-5-6-14/h7-10,13-14H,3-6H2,1-2H3,(H,21,23)(H,22,24). The predicted molar refractivity (Wildman–Crippen MR) is 93.0 cm³/mol. The van der Waals surface area contributed by atoms with Crippen LogP contribution in [0.1, 0.15) is 60.2 Å². The number of hydrogen-bond donors (Lipinski definition) is 2. The van der Waals surface area contributed by atoms with Gasteiger partial charge in [-0.1, -0.05) is 0 Å². The van der Waals surface area contributed by atoms with Gasteiger partial charge in [0.05, 0.1) is 0 Å². The molecule has 6 nitrogen and oxygen atoms in total. The maximum Gasteiger partial charge on any atom is 0.271 e. The summed E-state index contributed by atoms with van der Waals surface area (Å²) in [4.78, 5) is 24.1. The molecule has 2 aliphatic rings. The summed E-state index contributed by atoms with van der Waals surface area (Å²) in [6.45, 7) is 3.85. The number of nitrogens with zero attached hydrogens (tertiary/aromatic N) is 2. The third-order valence-electron chi connectivity index (χ3n) is 4.41. The van der Waals surface area contributed by atoms with E-state index in [4.69, 9.17) is 0 Å². The van der Waals surface area contributed by atoms with E-state index in [-0.39, 0.29) is 11.8 Å². The quantitative estimate of drug-likeness (QED) is 0.622. The Morgan fingerprint density at radius 2 is 1.12 bits per heavy atom. The van der Waals surface area contributed by atoms with E-state index in [2.05, 4.69) is 21.1 Å². The average molecular weight is 326 g/mol.